The van der Waals surface area contributed by atoms with Crippen LogP contribution in [0.25, 0.3) is 11.4 Å². The Bertz CT molecular complexity index is 583. The molecule has 0 bridgehead atoms. The molecule has 0 saturated carbocycles. The molecular weight excluding hydrogens is 233 g/mol. The van der Waals surface area contributed by atoms with E-state index in [2.05, 4.69) is 15.5 Å². The van der Waals surface area contributed by atoms with E-state index in [0.717, 1.165) is 0 Å². The molecule has 0 spiro atoms. The van der Waals surface area contributed by atoms with E-state index >= 15 is 0 Å². The maximum absolute atomic E-state index is 14.1. The first-order valence-corrected chi connectivity index (χ1v) is 5.65. The Hall–Kier alpha value is -1.98. The molecule has 0 aliphatic rings. The van der Waals surface area contributed by atoms with E-state index < -0.39 is 0 Å². The second-order valence-corrected chi connectivity index (χ2v) is 5.28. The van der Waals surface area contributed by atoms with Crippen LogP contribution in [0, 0.1) is 12.7 Å². The molecule has 2 rings (SSSR count). The predicted octanol–water partition coefficient (Wildman–Crippen LogP) is 2.12. The normalized spacial score (nSPS) is 11.8. The fourth-order valence-corrected chi connectivity index (χ4v) is 1.77. The van der Waals surface area contributed by atoms with E-state index in [1.54, 1.807) is 23.7 Å². The summed E-state index contributed by atoms with van der Waals surface area (Å²) in [6.07, 6.45) is 0. The SMILES string of the molecule is Cc1cc(N)cc(-c2nnnn2C(C)(C)C)c1F. The number of aryl methyl sites for hydroxylation is 1. The van der Waals surface area contributed by atoms with Gasteiger partial charge < -0.3 is 5.73 Å². The van der Waals surface area contributed by atoms with E-state index in [9.17, 15) is 4.39 Å². The molecule has 2 N–H and O–H groups in total. The van der Waals surface area contributed by atoms with Gasteiger partial charge in [0.05, 0.1) is 11.1 Å². The molecule has 0 aliphatic carbocycles. The van der Waals surface area contributed by atoms with Crippen molar-refractivity contribution in [1.29, 1.82) is 0 Å². The van der Waals surface area contributed by atoms with E-state index in [-0.39, 0.29) is 11.4 Å². The van der Waals surface area contributed by atoms with Gasteiger partial charge in [0.1, 0.15) is 5.82 Å². The molecule has 18 heavy (non-hydrogen) atoms. The molecule has 0 aliphatic heterocycles. The molecule has 1 aromatic carbocycles. The number of aromatic nitrogens is 4. The first-order valence-electron chi connectivity index (χ1n) is 5.65. The summed E-state index contributed by atoms with van der Waals surface area (Å²) in [5.74, 6) is 0.0416. The lowest BCUT2D eigenvalue weighted by molar-refractivity contribution is 0.350. The molecule has 0 radical (unpaired) electrons. The van der Waals surface area contributed by atoms with Gasteiger partial charge in [-0.05, 0) is 55.8 Å². The summed E-state index contributed by atoms with van der Waals surface area (Å²) in [7, 11) is 0. The van der Waals surface area contributed by atoms with Gasteiger partial charge in [0.2, 0.25) is 0 Å². The third-order valence-electron chi connectivity index (χ3n) is 2.62. The van der Waals surface area contributed by atoms with Crippen molar-refractivity contribution in [3.8, 4) is 11.4 Å². The molecule has 1 heterocycles. The number of nitrogens with zero attached hydrogens (tertiary/aromatic N) is 4. The fraction of sp³-hybridized carbons (Fsp3) is 0.417. The molecule has 5 nitrogen and oxygen atoms in total. The Morgan fingerprint density at radius 2 is 1.94 bits per heavy atom. The Balaban J connectivity index is 2.67. The lowest BCUT2D eigenvalue weighted by Crippen LogP contribution is -2.24. The zero-order valence-corrected chi connectivity index (χ0v) is 10.9. The lowest BCUT2D eigenvalue weighted by atomic mass is 10.1. The molecule has 0 atom stereocenters. The Morgan fingerprint density at radius 3 is 2.56 bits per heavy atom. The van der Waals surface area contributed by atoms with Crippen LogP contribution in [0.1, 0.15) is 26.3 Å². The number of benzene rings is 1. The van der Waals surface area contributed by atoms with Crippen molar-refractivity contribution in [2.24, 2.45) is 0 Å². The van der Waals surface area contributed by atoms with Gasteiger partial charge >= 0.3 is 0 Å². The van der Waals surface area contributed by atoms with E-state index in [0.29, 0.717) is 22.6 Å². The van der Waals surface area contributed by atoms with Crippen LogP contribution in [0.2, 0.25) is 0 Å². The van der Waals surface area contributed by atoms with E-state index in [1.165, 1.54) is 0 Å². The first kappa shape index (κ1) is 12.5. The largest absolute Gasteiger partial charge is 0.399 e. The summed E-state index contributed by atoms with van der Waals surface area (Å²) < 4.78 is 15.7. The molecule has 0 unspecified atom stereocenters. The van der Waals surface area contributed by atoms with Crippen LogP contribution in [0.4, 0.5) is 10.1 Å². The summed E-state index contributed by atoms with van der Waals surface area (Å²) >= 11 is 0. The highest BCUT2D eigenvalue weighted by Crippen LogP contribution is 2.28. The molecule has 1 aromatic heterocycles. The summed E-state index contributed by atoms with van der Waals surface area (Å²) in [5.41, 5.74) is 6.72. The highest BCUT2D eigenvalue weighted by Gasteiger charge is 2.23. The molecule has 0 fully saturated rings. The minimum atomic E-state index is -0.343. The highest BCUT2D eigenvalue weighted by molar-refractivity contribution is 5.63. The average Bonchev–Trinajstić information content (AvgIpc) is 2.71. The molecule has 2 aromatic rings. The number of halogens is 1. The summed E-state index contributed by atoms with van der Waals surface area (Å²) in [4.78, 5) is 0. The van der Waals surface area contributed by atoms with Crippen molar-refractivity contribution in [1.82, 2.24) is 20.2 Å². The zero-order valence-electron chi connectivity index (χ0n) is 10.9. The van der Waals surface area contributed by atoms with Crippen LogP contribution in [0.15, 0.2) is 12.1 Å². The number of hydrogen-bond acceptors (Lipinski definition) is 4. The number of nitrogen functional groups attached to an aromatic ring is 1. The smallest absolute Gasteiger partial charge is 0.185 e. The van der Waals surface area contributed by atoms with Crippen molar-refractivity contribution < 1.29 is 4.39 Å². The van der Waals surface area contributed by atoms with Gasteiger partial charge in [-0.15, -0.1) is 5.10 Å². The van der Waals surface area contributed by atoms with Crippen molar-refractivity contribution >= 4 is 5.69 Å². The minimum absolute atomic E-state index is 0.326. The monoisotopic (exact) mass is 249 g/mol. The van der Waals surface area contributed by atoms with E-state index in [1.807, 2.05) is 20.8 Å². The van der Waals surface area contributed by atoms with Gasteiger partial charge in [0, 0.05) is 5.69 Å². The van der Waals surface area contributed by atoms with Crippen LogP contribution in [0.5, 0.6) is 0 Å². The van der Waals surface area contributed by atoms with Crippen LogP contribution in [0.3, 0.4) is 0 Å². The number of nitrogens with two attached hydrogens (primary N) is 1. The standard InChI is InChI=1S/C12H16FN5/c1-7-5-8(14)6-9(10(7)13)11-15-16-17-18(11)12(2,3)4/h5-6H,14H2,1-4H3. The Kier molecular flexibility index (Phi) is 2.80. The van der Waals surface area contributed by atoms with Gasteiger partial charge in [-0.1, -0.05) is 0 Å². The van der Waals surface area contributed by atoms with Gasteiger partial charge in [0.25, 0.3) is 0 Å². The number of tetrazole rings is 1. The molecule has 6 heteroatoms. The Morgan fingerprint density at radius 1 is 1.28 bits per heavy atom. The third kappa shape index (κ3) is 2.05. The Labute approximate surface area is 105 Å². The number of anilines is 1. The maximum atomic E-state index is 14.1. The van der Waals surface area contributed by atoms with Crippen molar-refractivity contribution in [3.63, 3.8) is 0 Å². The van der Waals surface area contributed by atoms with Crippen LogP contribution >= 0.6 is 0 Å². The maximum Gasteiger partial charge on any atom is 0.185 e. The van der Waals surface area contributed by atoms with Crippen molar-refractivity contribution in [3.05, 3.63) is 23.5 Å². The van der Waals surface area contributed by atoms with E-state index in [4.69, 9.17) is 5.73 Å². The summed E-state index contributed by atoms with van der Waals surface area (Å²) in [6, 6.07) is 3.14. The second-order valence-electron chi connectivity index (χ2n) is 5.28. The molecule has 96 valence electrons. The number of rotatable bonds is 1. The lowest BCUT2D eigenvalue weighted by Gasteiger charge is -2.20. The van der Waals surface area contributed by atoms with Crippen LogP contribution in [-0.4, -0.2) is 20.2 Å². The first-order chi connectivity index (χ1) is 8.30. The van der Waals surface area contributed by atoms with Crippen molar-refractivity contribution in [2.75, 3.05) is 5.73 Å². The minimum Gasteiger partial charge on any atom is -0.399 e. The second kappa shape index (κ2) is 4.04. The van der Waals surface area contributed by atoms with Gasteiger partial charge in [-0.3, -0.25) is 0 Å². The predicted molar refractivity (Wildman–Crippen MR) is 67.4 cm³/mol. The highest BCUT2D eigenvalue weighted by atomic mass is 19.1. The average molecular weight is 249 g/mol. The zero-order chi connectivity index (χ0) is 13.5. The van der Waals surface area contributed by atoms with Gasteiger partial charge in [-0.2, -0.15) is 0 Å². The van der Waals surface area contributed by atoms with Crippen LogP contribution < -0.4 is 5.73 Å². The quantitative estimate of drug-likeness (QED) is 0.786. The molecular formula is C12H16FN5. The summed E-state index contributed by atoms with van der Waals surface area (Å²) in [6.45, 7) is 7.51. The fourth-order valence-electron chi connectivity index (χ4n) is 1.77. The number of hydrogen-bond donors (Lipinski definition) is 1. The summed E-state index contributed by atoms with van der Waals surface area (Å²) in [5, 5.41) is 11.4. The van der Waals surface area contributed by atoms with Gasteiger partial charge in [-0.25, -0.2) is 9.07 Å². The van der Waals surface area contributed by atoms with Crippen LogP contribution in [-0.2, 0) is 5.54 Å². The van der Waals surface area contributed by atoms with Gasteiger partial charge in [0.15, 0.2) is 5.82 Å². The van der Waals surface area contributed by atoms with Crippen molar-refractivity contribution in [2.45, 2.75) is 33.2 Å². The topological polar surface area (TPSA) is 69.6 Å². The molecule has 0 amide bonds. The molecule has 0 saturated heterocycles. The third-order valence-corrected chi connectivity index (χ3v) is 2.62.